The molecule has 1 heterocycles. The largest absolute Gasteiger partial charge is 0.368 e. The van der Waals surface area contributed by atoms with E-state index in [-0.39, 0.29) is 11.8 Å². The zero-order valence-electron chi connectivity index (χ0n) is 15.1. The highest BCUT2D eigenvalue weighted by Gasteiger charge is 2.21. The van der Waals surface area contributed by atoms with Crippen LogP contribution in [0.2, 0.25) is 0 Å². The van der Waals surface area contributed by atoms with Crippen LogP contribution in [0.15, 0.2) is 54.6 Å². The van der Waals surface area contributed by atoms with E-state index in [1.165, 1.54) is 0 Å². The average Bonchev–Trinajstić information content (AvgIpc) is 2.68. The number of nitrogens with one attached hydrogen (secondary N) is 1. The summed E-state index contributed by atoms with van der Waals surface area (Å²) in [5.74, 6) is -0.843. The normalized spacial score (nSPS) is 15.3. The van der Waals surface area contributed by atoms with Crippen LogP contribution in [-0.4, -0.2) is 30.3 Å². The van der Waals surface area contributed by atoms with Crippen molar-refractivity contribution in [1.82, 2.24) is 5.32 Å². The van der Waals surface area contributed by atoms with Gasteiger partial charge in [-0.25, -0.2) is 0 Å². The smallest absolute Gasteiger partial charge is 0.251 e. The van der Waals surface area contributed by atoms with Gasteiger partial charge in [0.15, 0.2) is 0 Å². The molecule has 140 valence electrons. The van der Waals surface area contributed by atoms with Gasteiger partial charge in [-0.15, -0.1) is 0 Å². The van der Waals surface area contributed by atoms with Gasteiger partial charge >= 0.3 is 0 Å². The van der Waals surface area contributed by atoms with Crippen molar-refractivity contribution in [2.45, 2.75) is 31.7 Å². The Hall–Kier alpha value is -3.15. The monoisotopic (exact) mass is 365 g/mol. The molecule has 2 aromatic carbocycles. The Labute approximate surface area is 158 Å². The summed E-state index contributed by atoms with van der Waals surface area (Å²) in [5, 5.41) is 2.69. The van der Waals surface area contributed by atoms with E-state index < -0.39 is 11.9 Å². The number of nitrogens with two attached hydrogens (primary N) is 1. The number of hydrogen-bond donors (Lipinski definition) is 2. The Morgan fingerprint density at radius 3 is 2.37 bits per heavy atom. The second-order valence-electron chi connectivity index (χ2n) is 6.67. The fourth-order valence-electron chi connectivity index (χ4n) is 3.19. The van der Waals surface area contributed by atoms with Crippen molar-refractivity contribution in [3.8, 4) is 0 Å². The van der Waals surface area contributed by atoms with E-state index in [2.05, 4.69) is 5.32 Å². The molecule has 0 saturated carbocycles. The molecule has 6 heteroatoms. The van der Waals surface area contributed by atoms with Gasteiger partial charge in [0.05, 0.1) is 0 Å². The molecule has 1 aliphatic rings. The number of carbonyl (C=O) groups is 3. The molecule has 0 aromatic heterocycles. The minimum absolute atomic E-state index is 0.107. The molecule has 6 nitrogen and oxygen atoms in total. The molecule has 0 spiro atoms. The van der Waals surface area contributed by atoms with E-state index in [9.17, 15) is 14.4 Å². The summed E-state index contributed by atoms with van der Waals surface area (Å²) in [6, 6.07) is 15.4. The van der Waals surface area contributed by atoms with Crippen LogP contribution in [0.1, 0.15) is 35.2 Å². The second-order valence-corrected chi connectivity index (χ2v) is 6.67. The molecule has 1 aliphatic heterocycles. The van der Waals surface area contributed by atoms with Crippen molar-refractivity contribution < 1.29 is 14.4 Å². The lowest BCUT2D eigenvalue weighted by Gasteiger charge is -2.26. The van der Waals surface area contributed by atoms with Crippen LogP contribution in [-0.2, 0) is 16.0 Å². The Balaban J connectivity index is 1.67. The van der Waals surface area contributed by atoms with Crippen molar-refractivity contribution in [3.05, 3.63) is 65.7 Å². The zero-order valence-corrected chi connectivity index (χ0v) is 15.1. The molecule has 1 saturated heterocycles. The number of rotatable bonds is 6. The number of benzene rings is 2. The Kier molecular flexibility index (Phi) is 5.86. The van der Waals surface area contributed by atoms with Crippen molar-refractivity contribution in [2.24, 2.45) is 5.73 Å². The molecule has 0 bridgehead atoms. The fraction of sp³-hybridized carbons (Fsp3) is 0.286. The molecule has 2 aromatic rings. The van der Waals surface area contributed by atoms with Gasteiger partial charge in [-0.1, -0.05) is 30.3 Å². The maximum atomic E-state index is 12.5. The molecule has 3 N–H and O–H groups in total. The van der Waals surface area contributed by atoms with Crippen molar-refractivity contribution in [2.75, 3.05) is 11.4 Å². The molecule has 1 atom stereocenters. The first-order chi connectivity index (χ1) is 13.0. The minimum atomic E-state index is -0.789. The number of amides is 3. The van der Waals surface area contributed by atoms with E-state index in [4.69, 9.17) is 5.73 Å². The summed E-state index contributed by atoms with van der Waals surface area (Å²) in [5.41, 5.74) is 7.57. The lowest BCUT2D eigenvalue weighted by Crippen LogP contribution is -2.45. The SMILES string of the molecule is NC(=O)C(Cc1ccccc1)NC(=O)c1ccc(N2CCCCC2=O)cc1. The summed E-state index contributed by atoms with van der Waals surface area (Å²) >= 11 is 0. The third-order valence-corrected chi connectivity index (χ3v) is 4.70. The Morgan fingerprint density at radius 1 is 1.04 bits per heavy atom. The van der Waals surface area contributed by atoms with Gasteiger partial charge in [0, 0.05) is 30.6 Å². The van der Waals surface area contributed by atoms with E-state index in [0.29, 0.717) is 24.9 Å². The van der Waals surface area contributed by atoms with Crippen molar-refractivity contribution in [1.29, 1.82) is 0 Å². The van der Waals surface area contributed by atoms with Crippen LogP contribution in [0.25, 0.3) is 0 Å². The van der Waals surface area contributed by atoms with E-state index >= 15 is 0 Å². The molecular weight excluding hydrogens is 342 g/mol. The van der Waals surface area contributed by atoms with Gasteiger partial charge in [0.1, 0.15) is 6.04 Å². The lowest BCUT2D eigenvalue weighted by atomic mass is 10.0. The maximum absolute atomic E-state index is 12.5. The summed E-state index contributed by atoms with van der Waals surface area (Å²) in [6.45, 7) is 0.700. The third-order valence-electron chi connectivity index (χ3n) is 4.70. The van der Waals surface area contributed by atoms with Crippen LogP contribution in [0.3, 0.4) is 0 Å². The molecule has 1 unspecified atom stereocenters. The molecule has 3 amide bonds. The van der Waals surface area contributed by atoms with Crippen LogP contribution in [0.5, 0.6) is 0 Å². The quantitative estimate of drug-likeness (QED) is 0.820. The predicted molar refractivity (Wildman–Crippen MR) is 103 cm³/mol. The molecule has 3 rings (SSSR count). The van der Waals surface area contributed by atoms with Crippen LogP contribution >= 0.6 is 0 Å². The van der Waals surface area contributed by atoms with Crippen LogP contribution in [0, 0.1) is 0 Å². The highest BCUT2D eigenvalue weighted by molar-refractivity contribution is 5.98. The average molecular weight is 365 g/mol. The number of nitrogens with zero attached hydrogens (tertiary/aromatic N) is 1. The first-order valence-corrected chi connectivity index (χ1v) is 9.09. The van der Waals surface area contributed by atoms with Crippen LogP contribution in [0.4, 0.5) is 5.69 Å². The standard InChI is InChI=1S/C21H23N3O3/c22-20(26)18(14-15-6-2-1-3-7-15)23-21(27)16-9-11-17(12-10-16)24-13-5-4-8-19(24)25/h1-3,6-7,9-12,18H,4-5,8,13-14H2,(H2,22,26)(H,23,27). The Bertz CT molecular complexity index is 818. The highest BCUT2D eigenvalue weighted by atomic mass is 16.2. The Morgan fingerprint density at radius 2 is 1.74 bits per heavy atom. The number of hydrogen-bond acceptors (Lipinski definition) is 3. The summed E-state index contributed by atoms with van der Waals surface area (Å²) in [7, 11) is 0. The van der Waals surface area contributed by atoms with E-state index in [0.717, 1.165) is 24.1 Å². The summed E-state index contributed by atoms with van der Waals surface area (Å²) in [6.07, 6.45) is 2.80. The first-order valence-electron chi connectivity index (χ1n) is 9.09. The topological polar surface area (TPSA) is 92.5 Å². The number of piperidine rings is 1. The highest BCUT2D eigenvalue weighted by Crippen LogP contribution is 2.21. The van der Waals surface area contributed by atoms with Gasteiger partial charge in [0.25, 0.3) is 5.91 Å². The second kappa shape index (κ2) is 8.49. The first kappa shape index (κ1) is 18.6. The molecule has 27 heavy (non-hydrogen) atoms. The van der Waals surface area contributed by atoms with Crippen molar-refractivity contribution in [3.63, 3.8) is 0 Å². The molecule has 0 aliphatic carbocycles. The predicted octanol–water partition coefficient (Wildman–Crippen LogP) is 2.03. The summed E-state index contributed by atoms with van der Waals surface area (Å²) < 4.78 is 0. The van der Waals surface area contributed by atoms with Gasteiger partial charge in [-0.05, 0) is 42.7 Å². The number of carbonyl (C=O) groups excluding carboxylic acids is 3. The summed E-state index contributed by atoms with van der Waals surface area (Å²) in [4.78, 5) is 38.0. The van der Waals surface area contributed by atoms with E-state index in [1.807, 2.05) is 30.3 Å². The number of anilines is 1. The fourth-order valence-corrected chi connectivity index (χ4v) is 3.19. The maximum Gasteiger partial charge on any atom is 0.251 e. The van der Waals surface area contributed by atoms with Gasteiger partial charge in [-0.3, -0.25) is 14.4 Å². The lowest BCUT2D eigenvalue weighted by molar-refractivity contribution is -0.120. The number of primary amides is 1. The van der Waals surface area contributed by atoms with Gasteiger partial charge in [-0.2, -0.15) is 0 Å². The van der Waals surface area contributed by atoms with Crippen LogP contribution < -0.4 is 16.0 Å². The molecule has 0 radical (unpaired) electrons. The van der Waals surface area contributed by atoms with Crippen molar-refractivity contribution >= 4 is 23.4 Å². The molecular formula is C21H23N3O3. The third kappa shape index (κ3) is 4.73. The van der Waals surface area contributed by atoms with E-state index in [1.54, 1.807) is 29.2 Å². The zero-order chi connectivity index (χ0) is 19.2. The minimum Gasteiger partial charge on any atom is -0.368 e. The van der Waals surface area contributed by atoms with Gasteiger partial charge in [0.2, 0.25) is 11.8 Å². The van der Waals surface area contributed by atoms with Gasteiger partial charge < -0.3 is 16.0 Å². The molecule has 1 fully saturated rings.